The highest BCUT2D eigenvalue weighted by Crippen LogP contribution is 2.23. The normalized spacial score (nSPS) is 21.3. The maximum atomic E-state index is 12.5. The van der Waals surface area contributed by atoms with E-state index in [4.69, 9.17) is 0 Å². The first kappa shape index (κ1) is 14.5. The maximum Gasteiger partial charge on any atom is 0.253 e. The van der Waals surface area contributed by atoms with Gasteiger partial charge < -0.3 is 10.0 Å². The third-order valence-electron chi connectivity index (χ3n) is 3.85. The molecule has 0 spiro atoms. The third kappa shape index (κ3) is 3.37. The molecule has 0 radical (unpaired) electrons. The molecule has 0 saturated carbocycles. The van der Waals surface area contributed by atoms with Crippen LogP contribution in [0.3, 0.4) is 0 Å². The zero-order valence-electron chi connectivity index (χ0n) is 11.4. The average molecular weight is 326 g/mol. The lowest BCUT2D eigenvalue weighted by atomic mass is 9.93. The van der Waals surface area contributed by atoms with Gasteiger partial charge >= 0.3 is 0 Å². The van der Waals surface area contributed by atoms with Crippen LogP contribution >= 0.6 is 15.9 Å². The number of halogens is 1. The molecular formula is C15H20BrNO2. The van der Waals surface area contributed by atoms with Crippen LogP contribution < -0.4 is 0 Å². The number of hydrogen-bond donors (Lipinski definition) is 1. The number of amides is 1. The van der Waals surface area contributed by atoms with Crippen molar-refractivity contribution in [1.82, 2.24) is 4.90 Å². The molecule has 0 aliphatic carbocycles. The molecule has 4 heteroatoms. The largest absolute Gasteiger partial charge is 0.393 e. The highest BCUT2D eigenvalue weighted by molar-refractivity contribution is 9.10. The molecule has 1 fully saturated rings. The Labute approximate surface area is 122 Å². The Morgan fingerprint density at radius 1 is 1.53 bits per heavy atom. The second-order valence-corrected chi connectivity index (χ2v) is 6.21. The summed E-state index contributed by atoms with van der Waals surface area (Å²) in [6, 6.07) is 5.70. The van der Waals surface area contributed by atoms with E-state index in [1.807, 2.05) is 30.0 Å². The molecule has 1 aliphatic heterocycles. The number of aliphatic hydroxyl groups is 1. The van der Waals surface area contributed by atoms with Gasteiger partial charge in [0.15, 0.2) is 0 Å². The van der Waals surface area contributed by atoms with Gasteiger partial charge in [-0.3, -0.25) is 4.79 Å². The predicted molar refractivity (Wildman–Crippen MR) is 79.2 cm³/mol. The molecule has 1 N–H and O–H groups in total. The summed E-state index contributed by atoms with van der Waals surface area (Å²) in [4.78, 5) is 14.3. The average Bonchev–Trinajstić information content (AvgIpc) is 2.41. The van der Waals surface area contributed by atoms with Crippen LogP contribution in [-0.4, -0.2) is 35.1 Å². The molecule has 1 aromatic carbocycles. The molecule has 2 unspecified atom stereocenters. The van der Waals surface area contributed by atoms with E-state index in [9.17, 15) is 9.90 Å². The lowest BCUT2D eigenvalue weighted by Crippen LogP contribution is -2.42. The standard InChI is InChI=1S/C15H20BrNO2/c1-10-5-6-12(8-14(10)16)15(19)17-7-3-4-13(9-17)11(2)18/h5-6,8,11,13,18H,3-4,7,9H2,1-2H3. The second-order valence-electron chi connectivity index (χ2n) is 5.36. The number of likely N-dealkylation sites (tertiary alicyclic amines) is 1. The Balaban J connectivity index is 2.12. The first-order valence-corrected chi connectivity index (χ1v) is 7.52. The van der Waals surface area contributed by atoms with Gasteiger partial charge in [-0.25, -0.2) is 0 Å². The van der Waals surface area contributed by atoms with Crippen LogP contribution in [0.25, 0.3) is 0 Å². The van der Waals surface area contributed by atoms with Crippen molar-refractivity contribution in [1.29, 1.82) is 0 Å². The number of aliphatic hydroxyl groups excluding tert-OH is 1. The summed E-state index contributed by atoms with van der Waals surface area (Å²) in [7, 11) is 0. The van der Waals surface area contributed by atoms with Crippen LogP contribution in [0.2, 0.25) is 0 Å². The summed E-state index contributed by atoms with van der Waals surface area (Å²) in [5.74, 6) is 0.262. The SMILES string of the molecule is Cc1ccc(C(=O)N2CCCC(C(C)O)C2)cc1Br. The molecule has 2 rings (SSSR count). The van der Waals surface area contributed by atoms with Crippen molar-refractivity contribution in [2.75, 3.05) is 13.1 Å². The van der Waals surface area contributed by atoms with Crippen LogP contribution in [0.15, 0.2) is 22.7 Å². The van der Waals surface area contributed by atoms with Crippen LogP contribution in [0.4, 0.5) is 0 Å². The summed E-state index contributed by atoms with van der Waals surface area (Å²) in [6.45, 7) is 5.25. The van der Waals surface area contributed by atoms with E-state index in [0.717, 1.165) is 29.4 Å². The van der Waals surface area contributed by atoms with E-state index in [-0.39, 0.29) is 17.9 Å². The van der Waals surface area contributed by atoms with Crippen molar-refractivity contribution in [3.05, 3.63) is 33.8 Å². The Hall–Kier alpha value is -0.870. The van der Waals surface area contributed by atoms with E-state index < -0.39 is 0 Å². The van der Waals surface area contributed by atoms with Gasteiger partial charge in [-0.05, 0) is 44.4 Å². The van der Waals surface area contributed by atoms with Gasteiger partial charge in [0, 0.05) is 29.0 Å². The molecule has 104 valence electrons. The van der Waals surface area contributed by atoms with Gasteiger partial charge in [0.1, 0.15) is 0 Å². The van der Waals surface area contributed by atoms with Gasteiger partial charge in [-0.1, -0.05) is 22.0 Å². The molecule has 3 nitrogen and oxygen atoms in total. The molecule has 1 aromatic rings. The number of carbonyl (C=O) groups excluding carboxylic acids is 1. The number of piperidine rings is 1. The number of aryl methyl sites for hydroxylation is 1. The van der Waals surface area contributed by atoms with Gasteiger partial charge in [0.05, 0.1) is 6.10 Å². The predicted octanol–water partition coefficient (Wildman–Crippen LogP) is 2.99. The molecular weight excluding hydrogens is 306 g/mol. The number of hydrogen-bond acceptors (Lipinski definition) is 2. The molecule has 0 aromatic heterocycles. The van der Waals surface area contributed by atoms with Crippen LogP contribution in [0.5, 0.6) is 0 Å². The summed E-state index contributed by atoms with van der Waals surface area (Å²) < 4.78 is 0.961. The second kappa shape index (κ2) is 6.06. The van der Waals surface area contributed by atoms with Crippen molar-refractivity contribution in [2.24, 2.45) is 5.92 Å². The number of rotatable bonds is 2. The van der Waals surface area contributed by atoms with E-state index >= 15 is 0 Å². The first-order valence-electron chi connectivity index (χ1n) is 6.72. The van der Waals surface area contributed by atoms with Crippen molar-refractivity contribution in [3.8, 4) is 0 Å². The van der Waals surface area contributed by atoms with Gasteiger partial charge in [-0.15, -0.1) is 0 Å². The zero-order chi connectivity index (χ0) is 14.0. The van der Waals surface area contributed by atoms with E-state index in [1.54, 1.807) is 6.92 Å². The summed E-state index contributed by atoms with van der Waals surface area (Å²) in [6.07, 6.45) is 1.62. The van der Waals surface area contributed by atoms with Gasteiger partial charge in [-0.2, -0.15) is 0 Å². The molecule has 1 heterocycles. The molecule has 1 aliphatic rings. The van der Waals surface area contributed by atoms with Crippen molar-refractivity contribution >= 4 is 21.8 Å². The topological polar surface area (TPSA) is 40.5 Å². The molecule has 19 heavy (non-hydrogen) atoms. The Morgan fingerprint density at radius 3 is 2.89 bits per heavy atom. The van der Waals surface area contributed by atoms with Crippen LogP contribution in [-0.2, 0) is 0 Å². The number of carbonyl (C=O) groups is 1. The fraction of sp³-hybridized carbons (Fsp3) is 0.533. The minimum Gasteiger partial charge on any atom is -0.393 e. The first-order chi connectivity index (χ1) is 8.99. The number of nitrogens with zero attached hydrogens (tertiary/aromatic N) is 1. The third-order valence-corrected chi connectivity index (χ3v) is 4.70. The minimum absolute atomic E-state index is 0.0612. The van der Waals surface area contributed by atoms with Crippen molar-refractivity contribution in [2.45, 2.75) is 32.8 Å². The quantitative estimate of drug-likeness (QED) is 0.908. The van der Waals surface area contributed by atoms with Crippen molar-refractivity contribution < 1.29 is 9.90 Å². The number of benzene rings is 1. The van der Waals surface area contributed by atoms with Crippen LogP contribution in [0.1, 0.15) is 35.7 Å². The summed E-state index contributed by atoms with van der Waals surface area (Å²) >= 11 is 3.46. The van der Waals surface area contributed by atoms with Gasteiger partial charge in [0.25, 0.3) is 5.91 Å². The fourth-order valence-electron chi connectivity index (χ4n) is 2.50. The van der Waals surface area contributed by atoms with E-state index in [0.29, 0.717) is 12.1 Å². The fourth-order valence-corrected chi connectivity index (χ4v) is 2.88. The highest BCUT2D eigenvalue weighted by Gasteiger charge is 2.27. The molecule has 1 amide bonds. The van der Waals surface area contributed by atoms with Crippen LogP contribution in [0, 0.1) is 12.8 Å². The summed E-state index contributed by atoms with van der Waals surface area (Å²) in [5.41, 5.74) is 1.83. The molecule has 2 atom stereocenters. The minimum atomic E-state index is -0.347. The smallest absolute Gasteiger partial charge is 0.253 e. The lowest BCUT2D eigenvalue weighted by Gasteiger charge is -2.34. The molecule has 1 saturated heterocycles. The van der Waals surface area contributed by atoms with E-state index in [2.05, 4.69) is 15.9 Å². The zero-order valence-corrected chi connectivity index (χ0v) is 13.0. The Morgan fingerprint density at radius 2 is 2.26 bits per heavy atom. The Bertz CT molecular complexity index is 473. The summed E-state index contributed by atoms with van der Waals surface area (Å²) in [5, 5.41) is 9.68. The lowest BCUT2D eigenvalue weighted by molar-refractivity contribution is 0.0466. The van der Waals surface area contributed by atoms with E-state index in [1.165, 1.54) is 0 Å². The maximum absolute atomic E-state index is 12.5. The van der Waals surface area contributed by atoms with Gasteiger partial charge in [0.2, 0.25) is 0 Å². The monoisotopic (exact) mass is 325 g/mol. The highest BCUT2D eigenvalue weighted by atomic mass is 79.9. The Kier molecular flexibility index (Phi) is 4.63. The molecule has 0 bridgehead atoms. The van der Waals surface area contributed by atoms with Crippen molar-refractivity contribution in [3.63, 3.8) is 0 Å².